The van der Waals surface area contributed by atoms with Crippen LogP contribution < -0.4 is 5.32 Å². The molecule has 0 bridgehead atoms. The van der Waals surface area contributed by atoms with Crippen molar-refractivity contribution in [2.45, 2.75) is 25.9 Å². The molecular formula is C17H21N3O3S. The molecular weight excluding hydrogens is 326 g/mol. The summed E-state index contributed by atoms with van der Waals surface area (Å²) in [6.45, 7) is 3.03. The van der Waals surface area contributed by atoms with Gasteiger partial charge in [0.15, 0.2) is 0 Å². The highest BCUT2D eigenvalue weighted by molar-refractivity contribution is 7.09. The summed E-state index contributed by atoms with van der Waals surface area (Å²) in [5.41, 5.74) is 1.00. The summed E-state index contributed by atoms with van der Waals surface area (Å²) in [6.07, 6.45) is 0.836. The Bertz CT molecular complexity index is 671. The standard InChI is InChI=1S/C17H21N3O3S/c1-13(17(21)18-10-9-16-4-3-11-24-16)19(2)12-14-5-7-15(8-6-14)20(22)23/h3-8,11,13H,9-10,12H2,1-2H3,(H,18,21)/t13-/m0/s1. The highest BCUT2D eigenvalue weighted by atomic mass is 32.1. The Morgan fingerprint density at radius 1 is 1.33 bits per heavy atom. The molecule has 1 aromatic carbocycles. The molecule has 0 saturated heterocycles. The molecule has 2 aromatic rings. The number of carbonyl (C=O) groups excluding carboxylic acids is 1. The fourth-order valence-corrected chi connectivity index (χ4v) is 2.97. The van der Waals surface area contributed by atoms with E-state index in [2.05, 4.69) is 11.4 Å². The van der Waals surface area contributed by atoms with Crippen molar-refractivity contribution < 1.29 is 9.72 Å². The van der Waals surface area contributed by atoms with Crippen molar-refractivity contribution in [2.24, 2.45) is 0 Å². The lowest BCUT2D eigenvalue weighted by Gasteiger charge is -2.23. The number of nitro groups is 1. The molecule has 0 unspecified atom stereocenters. The molecule has 6 nitrogen and oxygen atoms in total. The molecule has 1 N–H and O–H groups in total. The van der Waals surface area contributed by atoms with E-state index >= 15 is 0 Å². The van der Waals surface area contributed by atoms with E-state index in [4.69, 9.17) is 0 Å². The summed E-state index contributed by atoms with van der Waals surface area (Å²) in [7, 11) is 1.87. The minimum atomic E-state index is -0.419. The van der Waals surface area contributed by atoms with Crippen LogP contribution in [0.1, 0.15) is 17.4 Å². The fourth-order valence-electron chi connectivity index (χ4n) is 2.26. The molecule has 1 atom stereocenters. The second-order valence-corrected chi connectivity index (χ2v) is 6.67. The average molecular weight is 347 g/mol. The van der Waals surface area contributed by atoms with E-state index in [0.717, 1.165) is 12.0 Å². The number of non-ortho nitro benzene ring substituents is 1. The number of carbonyl (C=O) groups is 1. The van der Waals surface area contributed by atoms with Crippen LogP contribution in [0, 0.1) is 10.1 Å². The lowest BCUT2D eigenvalue weighted by Crippen LogP contribution is -2.43. The first-order valence-electron chi connectivity index (χ1n) is 7.71. The Labute approximate surface area is 145 Å². The van der Waals surface area contributed by atoms with E-state index in [9.17, 15) is 14.9 Å². The number of rotatable bonds is 8. The Morgan fingerprint density at radius 2 is 2.04 bits per heavy atom. The van der Waals surface area contributed by atoms with Crippen molar-refractivity contribution in [1.29, 1.82) is 0 Å². The van der Waals surface area contributed by atoms with E-state index < -0.39 is 4.92 Å². The van der Waals surface area contributed by atoms with Gasteiger partial charge in [0.1, 0.15) is 0 Å². The van der Waals surface area contributed by atoms with Crippen molar-refractivity contribution in [3.8, 4) is 0 Å². The topological polar surface area (TPSA) is 75.5 Å². The normalized spacial score (nSPS) is 12.1. The lowest BCUT2D eigenvalue weighted by molar-refractivity contribution is -0.384. The maximum atomic E-state index is 12.2. The maximum Gasteiger partial charge on any atom is 0.269 e. The minimum absolute atomic E-state index is 0.0176. The third kappa shape index (κ3) is 5.14. The van der Waals surface area contributed by atoms with Crippen LogP contribution in [0.3, 0.4) is 0 Å². The van der Waals surface area contributed by atoms with Crippen LogP contribution in [-0.2, 0) is 17.8 Å². The predicted molar refractivity (Wildman–Crippen MR) is 95.1 cm³/mol. The zero-order chi connectivity index (χ0) is 17.5. The third-order valence-corrected chi connectivity index (χ3v) is 4.81. The molecule has 7 heteroatoms. The zero-order valence-corrected chi connectivity index (χ0v) is 14.6. The van der Waals surface area contributed by atoms with Gasteiger partial charge < -0.3 is 5.32 Å². The van der Waals surface area contributed by atoms with Crippen molar-refractivity contribution in [3.63, 3.8) is 0 Å². The van der Waals surface area contributed by atoms with Gasteiger partial charge in [-0.1, -0.05) is 18.2 Å². The predicted octanol–water partition coefficient (Wildman–Crippen LogP) is 2.84. The number of nitrogens with zero attached hydrogens (tertiary/aromatic N) is 2. The molecule has 0 fully saturated rings. The van der Waals surface area contributed by atoms with Crippen molar-refractivity contribution >= 4 is 22.9 Å². The first kappa shape index (κ1) is 18.1. The molecule has 0 aliphatic heterocycles. The summed E-state index contributed by atoms with van der Waals surface area (Å²) >= 11 is 1.68. The van der Waals surface area contributed by atoms with E-state index in [1.807, 2.05) is 30.3 Å². The quantitative estimate of drug-likeness (QED) is 0.588. The molecule has 128 valence electrons. The van der Waals surface area contributed by atoms with Gasteiger partial charge in [0.25, 0.3) is 5.69 Å². The number of amides is 1. The highest BCUT2D eigenvalue weighted by Crippen LogP contribution is 2.14. The summed E-state index contributed by atoms with van der Waals surface area (Å²) in [5, 5.41) is 15.6. The molecule has 1 amide bonds. The van der Waals surface area contributed by atoms with Crippen LogP contribution in [0.5, 0.6) is 0 Å². The summed E-state index contributed by atoms with van der Waals surface area (Å²) < 4.78 is 0. The number of thiophene rings is 1. The molecule has 1 aromatic heterocycles. The molecule has 24 heavy (non-hydrogen) atoms. The molecule has 0 saturated carbocycles. The Kier molecular flexibility index (Phi) is 6.45. The third-order valence-electron chi connectivity index (χ3n) is 3.87. The maximum absolute atomic E-state index is 12.2. The van der Waals surface area contributed by atoms with Crippen LogP contribution >= 0.6 is 11.3 Å². The van der Waals surface area contributed by atoms with Crippen LogP contribution in [0.25, 0.3) is 0 Å². The van der Waals surface area contributed by atoms with Crippen LogP contribution in [0.4, 0.5) is 5.69 Å². The number of nitrogens with one attached hydrogen (secondary N) is 1. The first-order chi connectivity index (χ1) is 11.5. The largest absolute Gasteiger partial charge is 0.354 e. The van der Waals surface area contributed by atoms with Gasteiger partial charge in [-0.3, -0.25) is 19.8 Å². The zero-order valence-electron chi connectivity index (χ0n) is 13.8. The van der Waals surface area contributed by atoms with Gasteiger partial charge in [-0.15, -0.1) is 11.3 Å². The Hall–Kier alpha value is -2.25. The lowest BCUT2D eigenvalue weighted by atomic mass is 10.1. The highest BCUT2D eigenvalue weighted by Gasteiger charge is 2.18. The van der Waals surface area contributed by atoms with Gasteiger partial charge in [-0.2, -0.15) is 0 Å². The number of likely N-dealkylation sites (N-methyl/N-ethyl adjacent to an activating group) is 1. The average Bonchev–Trinajstić information content (AvgIpc) is 3.07. The number of hydrogen-bond acceptors (Lipinski definition) is 5. The molecule has 0 radical (unpaired) electrons. The second kappa shape index (κ2) is 8.56. The number of benzene rings is 1. The molecule has 0 spiro atoms. The van der Waals surface area contributed by atoms with Gasteiger partial charge in [0.05, 0.1) is 11.0 Å². The van der Waals surface area contributed by atoms with Gasteiger partial charge in [-0.25, -0.2) is 0 Å². The van der Waals surface area contributed by atoms with Gasteiger partial charge >= 0.3 is 0 Å². The molecule has 0 aliphatic rings. The second-order valence-electron chi connectivity index (χ2n) is 5.64. The SMILES string of the molecule is C[C@@H](C(=O)NCCc1cccs1)N(C)Cc1ccc([N+](=O)[O-])cc1. The van der Waals surface area contributed by atoms with Gasteiger partial charge in [-0.05, 0) is 37.4 Å². The van der Waals surface area contributed by atoms with Crippen LogP contribution in [-0.4, -0.2) is 35.4 Å². The summed E-state index contributed by atoms with van der Waals surface area (Å²) in [6, 6.07) is 10.2. The molecule has 2 rings (SSSR count). The number of nitro benzene ring substituents is 1. The first-order valence-corrected chi connectivity index (χ1v) is 8.59. The summed E-state index contributed by atoms with van der Waals surface area (Å²) in [4.78, 5) is 25.6. The van der Waals surface area contributed by atoms with Crippen molar-refractivity contribution in [3.05, 3.63) is 62.3 Å². The van der Waals surface area contributed by atoms with Crippen molar-refractivity contribution in [1.82, 2.24) is 10.2 Å². The van der Waals surface area contributed by atoms with Gasteiger partial charge in [0.2, 0.25) is 5.91 Å². The smallest absolute Gasteiger partial charge is 0.269 e. The monoisotopic (exact) mass is 347 g/mol. The van der Waals surface area contributed by atoms with Crippen molar-refractivity contribution in [2.75, 3.05) is 13.6 Å². The Balaban J connectivity index is 1.80. The van der Waals surface area contributed by atoms with E-state index in [-0.39, 0.29) is 17.6 Å². The molecule has 0 aliphatic carbocycles. The van der Waals surface area contributed by atoms with Crippen LogP contribution in [0.15, 0.2) is 41.8 Å². The van der Waals surface area contributed by atoms with Crippen LogP contribution in [0.2, 0.25) is 0 Å². The van der Waals surface area contributed by atoms with E-state index in [1.54, 1.807) is 23.5 Å². The van der Waals surface area contributed by atoms with Gasteiger partial charge in [0, 0.05) is 30.1 Å². The fraction of sp³-hybridized carbons (Fsp3) is 0.353. The molecule has 1 heterocycles. The summed E-state index contributed by atoms with van der Waals surface area (Å²) in [5.74, 6) is -0.0176. The Morgan fingerprint density at radius 3 is 2.62 bits per heavy atom. The minimum Gasteiger partial charge on any atom is -0.354 e. The number of hydrogen-bond donors (Lipinski definition) is 1. The van der Waals surface area contributed by atoms with E-state index in [0.29, 0.717) is 13.1 Å². The van der Waals surface area contributed by atoms with E-state index in [1.165, 1.54) is 17.0 Å².